The second kappa shape index (κ2) is 6.86. The van der Waals surface area contributed by atoms with Gasteiger partial charge >= 0.3 is 0 Å². The first-order valence-corrected chi connectivity index (χ1v) is 10.1. The predicted octanol–water partition coefficient (Wildman–Crippen LogP) is 2.34. The zero-order valence-corrected chi connectivity index (χ0v) is 15.5. The molecule has 0 amide bonds. The number of piperazine rings is 1. The molecule has 1 saturated heterocycles. The quantitative estimate of drug-likeness (QED) is 0.873. The molecule has 4 rings (SSSR count). The molecule has 0 bridgehead atoms. The summed E-state index contributed by atoms with van der Waals surface area (Å²) in [5.74, 6) is -0.0463. The van der Waals surface area contributed by atoms with Gasteiger partial charge < -0.3 is 15.0 Å². The molecule has 0 aromatic heterocycles. The number of sulfonamides is 1. The van der Waals surface area contributed by atoms with E-state index in [1.165, 1.54) is 18.2 Å². The molecule has 0 spiro atoms. The highest BCUT2D eigenvalue weighted by atomic mass is 32.2. The molecule has 2 aliphatic rings. The van der Waals surface area contributed by atoms with Gasteiger partial charge in [0.1, 0.15) is 16.5 Å². The summed E-state index contributed by atoms with van der Waals surface area (Å²) in [5.41, 5.74) is 1.20. The van der Waals surface area contributed by atoms with E-state index in [4.69, 9.17) is 4.74 Å². The van der Waals surface area contributed by atoms with Crippen molar-refractivity contribution in [1.82, 2.24) is 5.32 Å². The Morgan fingerprint density at radius 1 is 1.04 bits per heavy atom. The van der Waals surface area contributed by atoms with Crippen LogP contribution in [-0.2, 0) is 10.0 Å². The number of hydrogen-bond acceptors (Lipinski definition) is 5. The maximum absolute atomic E-state index is 14.2. The topological polar surface area (TPSA) is 61.9 Å². The molecule has 142 valence electrons. The lowest BCUT2D eigenvalue weighted by Crippen LogP contribution is -2.44. The minimum Gasteiger partial charge on any atom is -0.456 e. The molecule has 2 aromatic rings. The van der Waals surface area contributed by atoms with Crippen molar-refractivity contribution in [3.63, 3.8) is 0 Å². The Morgan fingerprint density at radius 3 is 2.48 bits per heavy atom. The first-order valence-electron chi connectivity index (χ1n) is 8.70. The van der Waals surface area contributed by atoms with Gasteiger partial charge in [0.05, 0.1) is 17.9 Å². The Balaban J connectivity index is 1.82. The Bertz CT molecular complexity index is 987. The molecule has 0 atom stereocenters. The maximum atomic E-state index is 14.2. The van der Waals surface area contributed by atoms with E-state index in [1.807, 2.05) is 6.07 Å². The molecule has 2 heterocycles. The fourth-order valence-electron chi connectivity index (χ4n) is 3.38. The third-order valence-electron chi connectivity index (χ3n) is 4.67. The van der Waals surface area contributed by atoms with Gasteiger partial charge in [-0.05, 0) is 24.3 Å². The highest BCUT2D eigenvalue weighted by Gasteiger charge is 2.35. The predicted molar refractivity (Wildman–Crippen MR) is 102 cm³/mol. The van der Waals surface area contributed by atoms with E-state index in [9.17, 15) is 12.8 Å². The molecule has 27 heavy (non-hydrogen) atoms. The van der Waals surface area contributed by atoms with Gasteiger partial charge in [-0.1, -0.05) is 24.8 Å². The molecule has 6 nitrogen and oxygen atoms in total. The molecule has 1 N–H and O–H groups in total. The number of nitrogens with zero attached hydrogens (tertiary/aromatic N) is 2. The van der Waals surface area contributed by atoms with Crippen LogP contribution in [-0.4, -0.2) is 41.1 Å². The van der Waals surface area contributed by atoms with Gasteiger partial charge in [-0.15, -0.1) is 0 Å². The smallest absolute Gasteiger partial charge is 0.267 e. The number of ether oxygens (including phenoxy) is 1. The Hall–Kier alpha value is -2.58. The average molecular weight is 389 g/mol. The van der Waals surface area contributed by atoms with Gasteiger partial charge in [0.15, 0.2) is 5.75 Å². The molecule has 0 unspecified atom stereocenters. The minimum absolute atomic E-state index is 0.0608. The van der Waals surface area contributed by atoms with Crippen molar-refractivity contribution in [1.29, 1.82) is 0 Å². The summed E-state index contributed by atoms with van der Waals surface area (Å²) in [6.45, 7) is 7.00. The van der Waals surface area contributed by atoms with Crippen molar-refractivity contribution in [2.75, 3.05) is 41.9 Å². The van der Waals surface area contributed by atoms with Crippen molar-refractivity contribution < 1.29 is 17.5 Å². The van der Waals surface area contributed by atoms with E-state index in [0.29, 0.717) is 17.2 Å². The van der Waals surface area contributed by atoms with Crippen molar-refractivity contribution >= 4 is 21.4 Å². The largest absolute Gasteiger partial charge is 0.456 e. The highest BCUT2D eigenvalue weighted by Crippen LogP contribution is 2.44. The average Bonchev–Trinajstić information content (AvgIpc) is 2.67. The minimum atomic E-state index is -4.10. The van der Waals surface area contributed by atoms with E-state index < -0.39 is 15.8 Å². The summed E-state index contributed by atoms with van der Waals surface area (Å²) in [7, 11) is -4.10. The number of rotatable bonds is 3. The maximum Gasteiger partial charge on any atom is 0.267 e. The third kappa shape index (κ3) is 3.15. The number of hydrogen-bond donors (Lipinski definition) is 1. The monoisotopic (exact) mass is 389 g/mol. The zero-order valence-electron chi connectivity index (χ0n) is 14.7. The van der Waals surface area contributed by atoms with Crippen molar-refractivity contribution in [3.8, 4) is 5.75 Å². The summed E-state index contributed by atoms with van der Waals surface area (Å²) in [4.78, 5) is 1.78. The van der Waals surface area contributed by atoms with Crippen molar-refractivity contribution in [2.45, 2.75) is 4.90 Å². The first kappa shape index (κ1) is 17.8. The van der Waals surface area contributed by atoms with Gasteiger partial charge in [-0.25, -0.2) is 12.8 Å². The lowest BCUT2D eigenvalue weighted by Gasteiger charge is -2.36. The fourth-order valence-corrected chi connectivity index (χ4v) is 4.90. The Morgan fingerprint density at radius 2 is 1.74 bits per heavy atom. The number of nitrogens with one attached hydrogen (secondary N) is 1. The van der Waals surface area contributed by atoms with E-state index in [0.717, 1.165) is 42.2 Å². The van der Waals surface area contributed by atoms with Crippen molar-refractivity contribution in [2.24, 2.45) is 0 Å². The van der Waals surface area contributed by atoms with Crippen LogP contribution in [0.3, 0.4) is 0 Å². The molecule has 0 aliphatic carbocycles. The summed E-state index contributed by atoms with van der Waals surface area (Å²) in [5, 5.41) is 3.29. The third-order valence-corrected chi connectivity index (χ3v) is 6.46. The van der Waals surface area contributed by atoms with Crippen LogP contribution in [0.1, 0.15) is 0 Å². The molecule has 2 aromatic carbocycles. The Kier molecular flexibility index (Phi) is 4.53. The second-order valence-corrected chi connectivity index (χ2v) is 8.28. The van der Waals surface area contributed by atoms with Gasteiger partial charge in [-0.2, -0.15) is 0 Å². The van der Waals surface area contributed by atoms with Crippen LogP contribution in [0.2, 0.25) is 0 Å². The van der Waals surface area contributed by atoms with Gasteiger partial charge in [0.25, 0.3) is 10.0 Å². The first-order chi connectivity index (χ1) is 13.0. The number of fused-ring (bicyclic) bond motifs is 1. The van der Waals surface area contributed by atoms with Gasteiger partial charge in [0.2, 0.25) is 0 Å². The number of benzene rings is 2. The van der Waals surface area contributed by atoms with E-state index in [1.54, 1.807) is 12.1 Å². The lowest BCUT2D eigenvalue weighted by atomic mass is 10.2. The number of para-hydroxylation sites is 1. The summed E-state index contributed by atoms with van der Waals surface area (Å²) < 4.78 is 47.6. The molecule has 1 fully saturated rings. The summed E-state index contributed by atoms with van der Waals surface area (Å²) in [6.07, 6.45) is 0. The van der Waals surface area contributed by atoms with Crippen molar-refractivity contribution in [3.05, 3.63) is 60.6 Å². The molecule has 0 radical (unpaired) electrons. The van der Waals surface area contributed by atoms with E-state index >= 15 is 0 Å². The van der Waals surface area contributed by atoms with Crippen LogP contribution in [0, 0.1) is 5.82 Å². The van der Waals surface area contributed by atoms with Crippen LogP contribution < -0.4 is 19.3 Å². The zero-order chi connectivity index (χ0) is 19.0. The van der Waals surface area contributed by atoms with E-state index in [-0.39, 0.29) is 11.4 Å². The Labute approximate surface area is 157 Å². The molecule has 8 heteroatoms. The van der Waals surface area contributed by atoms with Gasteiger partial charge in [-0.3, -0.25) is 4.31 Å². The second-order valence-electron chi connectivity index (χ2n) is 6.45. The number of halogens is 1. The fraction of sp³-hybridized carbons (Fsp3) is 0.263. The van der Waals surface area contributed by atoms with Crippen LogP contribution in [0.25, 0.3) is 0 Å². The van der Waals surface area contributed by atoms with Gasteiger partial charge in [0, 0.05) is 26.2 Å². The van der Waals surface area contributed by atoms with Crippen LogP contribution >= 0.6 is 0 Å². The molecular formula is C19H20FN3O3S. The SMILES string of the molecule is C=C1CN(S(=O)(=O)c2ccccc2F)c2cccc(N3CCNCC3)c2O1. The summed E-state index contributed by atoms with van der Waals surface area (Å²) >= 11 is 0. The molecule has 0 saturated carbocycles. The van der Waals surface area contributed by atoms with Crippen LogP contribution in [0.15, 0.2) is 59.7 Å². The van der Waals surface area contributed by atoms with Crippen LogP contribution in [0.4, 0.5) is 15.8 Å². The van der Waals surface area contributed by atoms with E-state index in [2.05, 4.69) is 16.8 Å². The molecular weight excluding hydrogens is 369 g/mol. The van der Waals surface area contributed by atoms with Crippen LogP contribution in [0.5, 0.6) is 5.75 Å². The standard InChI is InChI=1S/C19H20FN3O3S/c1-14-13-23(27(24,25)18-8-3-2-5-15(18)20)17-7-4-6-16(19(17)26-14)22-11-9-21-10-12-22/h2-8,21H,1,9-13H2. The number of anilines is 2. The highest BCUT2D eigenvalue weighted by molar-refractivity contribution is 7.92. The summed E-state index contributed by atoms with van der Waals surface area (Å²) in [6, 6.07) is 10.7. The lowest BCUT2D eigenvalue weighted by molar-refractivity contribution is 0.404. The normalized spacial score (nSPS) is 17.4. The molecule has 2 aliphatic heterocycles.